The maximum Gasteiger partial charge on any atom is 0.303 e. The monoisotopic (exact) mass is 524 g/mol. The van der Waals surface area contributed by atoms with Crippen molar-refractivity contribution in [3.8, 4) is 0 Å². The van der Waals surface area contributed by atoms with Crippen LogP contribution in [0.5, 0.6) is 0 Å². The number of H-pyrrole nitrogens is 2. The lowest BCUT2D eigenvalue weighted by Crippen LogP contribution is -1.98. The lowest BCUT2D eigenvalue weighted by molar-refractivity contribution is -0.137. The van der Waals surface area contributed by atoms with Gasteiger partial charge in [0.2, 0.25) is 0 Å². The first-order valence-corrected chi connectivity index (χ1v) is 13.1. The Kier molecular flexibility index (Phi) is 6.72. The van der Waals surface area contributed by atoms with E-state index in [1.54, 1.807) is 0 Å². The van der Waals surface area contributed by atoms with Crippen LogP contribution in [-0.4, -0.2) is 42.1 Å². The third kappa shape index (κ3) is 5.02. The Hall–Kier alpha value is -4.46. The van der Waals surface area contributed by atoms with E-state index in [2.05, 4.69) is 42.9 Å². The molecule has 0 aromatic carbocycles. The lowest BCUT2D eigenvalue weighted by atomic mass is 10.00. The first kappa shape index (κ1) is 26.2. The fourth-order valence-electron chi connectivity index (χ4n) is 5.29. The summed E-state index contributed by atoms with van der Waals surface area (Å²) >= 11 is 0. The highest BCUT2D eigenvalue weighted by Gasteiger charge is 2.21. The Morgan fingerprint density at radius 2 is 1.26 bits per heavy atom. The zero-order valence-electron chi connectivity index (χ0n) is 22.8. The van der Waals surface area contributed by atoms with Gasteiger partial charge in [0, 0.05) is 34.9 Å². The lowest BCUT2D eigenvalue weighted by Gasteiger charge is -2.03. The Labute approximate surface area is 226 Å². The number of aromatic nitrogens is 4. The first-order valence-electron chi connectivity index (χ1n) is 13.1. The van der Waals surface area contributed by atoms with Crippen LogP contribution in [0.25, 0.3) is 44.4 Å². The molecule has 39 heavy (non-hydrogen) atoms. The van der Waals surface area contributed by atoms with Crippen LogP contribution >= 0.6 is 0 Å². The number of rotatable bonds is 6. The number of fused-ring (bicyclic) bond motifs is 8. The second kappa shape index (κ2) is 10.0. The molecule has 4 N–H and O–H groups in total. The Morgan fingerprint density at radius 1 is 0.667 bits per heavy atom. The molecular weight excluding hydrogens is 492 g/mol. The van der Waals surface area contributed by atoms with Gasteiger partial charge in [0.15, 0.2) is 0 Å². The zero-order chi connectivity index (χ0) is 28.0. The van der Waals surface area contributed by atoms with Gasteiger partial charge in [-0.1, -0.05) is 0 Å². The Morgan fingerprint density at radius 3 is 1.95 bits per heavy atom. The Bertz CT molecular complexity index is 1770. The SMILES string of the molecule is CC1=C(C)c2cc3[nH]c(cc3C)cc3[nH]c(cc4nc(cc1n2)C(C)=C4CCC(=O)O)c(CCC(=O)O)c3C. The predicted molar refractivity (Wildman–Crippen MR) is 154 cm³/mol. The highest BCUT2D eigenvalue weighted by molar-refractivity contribution is 5.95. The molecule has 3 aromatic heterocycles. The third-order valence-corrected chi connectivity index (χ3v) is 7.80. The molecule has 5 heterocycles. The van der Waals surface area contributed by atoms with E-state index < -0.39 is 11.9 Å². The van der Waals surface area contributed by atoms with Gasteiger partial charge >= 0.3 is 11.9 Å². The summed E-state index contributed by atoms with van der Waals surface area (Å²) in [5.74, 6) is -1.73. The molecule has 0 saturated heterocycles. The minimum Gasteiger partial charge on any atom is -0.481 e. The van der Waals surface area contributed by atoms with Crippen molar-refractivity contribution in [2.75, 3.05) is 0 Å². The average Bonchev–Trinajstić information content (AvgIpc) is 3.53. The minimum atomic E-state index is -0.870. The number of aryl methyl sites for hydroxylation is 3. The number of nitrogens with zero attached hydrogens (tertiary/aromatic N) is 2. The van der Waals surface area contributed by atoms with Gasteiger partial charge in [-0.3, -0.25) is 9.59 Å². The third-order valence-electron chi connectivity index (χ3n) is 7.80. The maximum atomic E-state index is 11.5. The van der Waals surface area contributed by atoms with E-state index in [0.29, 0.717) is 18.5 Å². The number of carboxylic acids is 2. The number of nitrogens with one attached hydrogen (secondary N) is 2. The highest BCUT2D eigenvalue weighted by Crippen LogP contribution is 2.36. The van der Waals surface area contributed by atoms with E-state index in [4.69, 9.17) is 9.97 Å². The Balaban J connectivity index is 1.88. The summed E-state index contributed by atoms with van der Waals surface area (Å²) in [7, 11) is 0. The van der Waals surface area contributed by atoms with Crippen LogP contribution in [0.2, 0.25) is 0 Å². The summed E-state index contributed by atoms with van der Waals surface area (Å²) in [5, 5.41) is 18.8. The molecule has 0 atom stereocenters. The summed E-state index contributed by atoms with van der Waals surface area (Å²) in [4.78, 5) is 39.7. The van der Waals surface area contributed by atoms with Gasteiger partial charge in [0.25, 0.3) is 0 Å². The summed E-state index contributed by atoms with van der Waals surface area (Å²) in [6.07, 6.45) is 0.692. The minimum absolute atomic E-state index is 0.00145. The van der Waals surface area contributed by atoms with E-state index in [1.165, 1.54) is 0 Å². The van der Waals surface area contributed by atoms with Gasteiger partial charge in [-0.15, -0.1) is 0 Å². The molecule has 0 radical (unpaired) electrons. The van der Waals surface area contributed by atoms with Crippen LogP contribution in [0.1, 0.15) is 79.5 Å². The predicted octanol–water partition coefficient (Wildman–Crippen LogP) is 6.69. The van der Waals surface area contributed by atoms with Gasteiger partial charge < -0.3 is 20.2 Å². The standard InChI is InChI=1S/C31H32N4O4/c1-15-10-20-11-24-18(4)21(6-8-30(36)37)28(34-24)14-29-22(7-9-31(38)39)19(5)27(35-29)13-26-17(3)16(2)25(33-26)12-23(15)32-20/h10-14,32,34H,6-9H2,1-5H3,(H,36,37)(H,38,39). The van der Waals surface area contributed by atoms with Crippen molar-refractivity contribution in [3.63, 3.8) is 0 Å². The zero-order valence-corrected chi connectivity index (χ0v) is 22.8. The van der Waals surface area contributed by atoms with E-state index in [1.807, 2.05) is 32.0 Å². The molecule has 8 nitrogen and oxygen atoms in total. The van der Waals surface area contributed by atoms with Crippen molar-refractivity contribution >= 4 is 56.3 Å². The van der Waals surface area contributed by atoms with Crippen LogP contribution < -0.4 is 0 Å². The molecule has 0 unspecified atom stereocenters. The molecule has 0 fully saturated rings. The van der Waals surface area contributed by atoms with Crippen molar-refractivity contribution in [2.24, 2.45) is 0 Å². The number of hydrogen-bond acceptors (Lipinski definition) is 4. The molecule has 3 aromatic rings. The van der Waals surface area contributed by atoms with Crippen molar-refractivity contribution in [1.82, 2.24) is 19.9 Å². The first-order chi connectivity index (χ1) is 18.5. The van der Waals surface area contributed by atoms with Crippen LogP contribution in [0.15, 0.2) is 30.3 Å². The van der Waals surface area contributed by atoms with Crippen LogP contribution in [0.4, 0.5) is 0 Å². The summed E-state index contributed by atoms with van der Waals surface area (Å²) < 4.78 is 0. The molecule has 2 aliphatic heterocycles. The molecule has 0 spiro atoms. The van der Waals surface area contributed by atoms with Gasteiger partial charge in [-0.25, -0.2) is 9.97 Å². The van der Waals surface area contributed by atoms with Gasteiger partial charge in [-0.2, -0.15) is 0 Å². The van der Waals surface area contributed by atoms with Crippen LogP contribution in [-0.2, 0) is 16.0 Å². The van der Waals surface area contributed by atoms with E-state index in [9.17, 15) is 19.8 Å². The summed E-state index contributed by atoms with van der Waals surface area (Å²) in [6, 6.07) is 10.1. The van der Waals surface area contributed by atoms with Crippen molar-refractivity contribution in [2.45, 2.75) is 60.3 Å². The highest BCUT2D eigenvalue weighted by atomic mass is 16.4. The maximum absolute atomic E-state index is 11.5. The quantitative estimate of drug-likeness (QED) is 0.284. The second-order valence-electron chi connectivity index (χ2n) is 10.4. The topological polar surface area (TPSA) is 132 Å². The molecule has 0 saturated carbocycles. The number of aromatic amines is 2. The largest absolute Gasteiger partial charge is 0.481 e. The molecule has 8 bridgehead atoms. The van der Waals surface area contributed by atoms with E-state index >= 15 is 0 Å². The van der Waals surface area contributed by atoms with Crippen molar-refractivity contribution in [3.05, 3.63) is 69.8 Å². The van der Waals surface area contributed by atoms with Crippen molar-refractivity contribution < 1.29 is 19.8 Å². The number of allylic oxidation sites excluding steroid dienone is 4. The smallest absolute Gasteiger partial charge is 0.303 e. The molecule has 5 rings (SSSR count). The summed E-state index contributed by atoms with van der Waals surface area (Å²) in [5.41, 5.74) is 13.6. The second-order valence-corrected chi connectivity index (χ2v) is 10.4. The van der Waals surface area contributed by atoms with Crippen molar-refractivity contribution in [1.29, 1.82) is 0 Å². The number of carbonyl (C=O) groups is 2. The molecular formula is C31H32N4O4. The van der Waals surface area contributed by atoms with Crippen LogP contribution in [0, 0.1) is 13.8 Å². The molecule has 2 aliphatic rings. The normalized spacial score (nSPS) is 13.4. The molecule has 200 valence electrons. The fraction of sp³-hybridized carbons (Fsp3) is 0.290. The fourth-order valence-corrected chi connectivity index (χ4v) is 5.29. The van der Waals surface area contributed by atoms with Crippen LogP contribution in [0.3, 0.4) is 0 Å². The molecule has 0 amide bonds. The summed E-state index contributed by atoms with van der Waals surface area (Å²) in [6.45, 7) is 10.1. The van der Waals surface area contributed by atoms with Gasteiger partial charge in [-0.05, 0) is 117 Å². The van der Waals surface area contributed by atoms with Gasteiger partial charge in [0.1, 0.15) is 0 Å². The molecule has 0 aliphatic carbocycles. The number of aliphatic carboxylic acids is 2. The van der Waals surface area contributed by atoms with E-state index in [0.717, 1.165) is 78.1 Å². The average molecular weight is 525 g/mol. The van der Waals surface area contributed by atoms with E-state index in [-0.39, 0.29) is 12.8 Å². The number of carboxylic acid groups (broad SMARTS) is 2. The van der Waals surface area contributed by atoms with Gasteiger partial charge in [0.05, 0.1) is 22.8 Å². The number of hydrogen-bond donors (Lipinski definition) is 4. The molecule has 8 heteroatoms.